The van der Waals surface area contributed by atoms with E-state index in [-0.39, 0.29) is 12.2 Å². The van der Waals surface area contributed by atoms with Crippen LogP contribution in [-0.2, 0) is 4.74 Å². The van der Waals surface area contributed by atoms with Gasteiger partial charge in [0.2, 0.25) is 0 Å². The molecule has 3 atom stereocenters. The molecule has 2 rings (SSSR count). The van der Waals surface area contributed by atoms with E-state index in [4.69, 9.17) is 4.74 Å². The first-order chi connectivity index (χ1) is 6.25. The minimum atomic E-state index is -0.199. The van der Waals surface area contributed by atoms with Crippen molar-refractivity contribution in [2.75, 3.05) is 6.61 Å². The second-order valence-corrected chi connectivity index (χ2v) is 4.80. The van der Waals surface area contributed by atoms with E-state index < -0.39 is 0 Å². The highest BCUT2D eigenvalue weighted by molar-refractivity contribution is 4.80. The van der Waals surface area contributed by atoms with Crippen LogP contribution < -0.4 is 0 Å². The molecule has 2 saturated carbocycles. The standard InChI is InChI=1S/C11H20O2/c1-8-2-5-10(12)11(6-8)13-7-9-3-4-9/h8-12H,2-7H2,1H3. The molecule has 0 amide bonds. The molecule has 0 aromatic heterocycles. The zero-order chi connectivity index (χ0) is 9.26. The van der Waals surface area contributed by atoms with Crippen LogP contribution in [0.5, 0.6) is 0 Å². The lowest BCUT2D eigenvalue weighted by molar-refractivity contribution is -0.0723. The van der Waals surface area contributed by atoms with E-state index >= 15 is 0 Å². The maximum atomic E-state index is 9.70. The molecule has 2 aliphatic carbocycles. The summed E-state index contributed by atoms with van der Waals surface area (Å²) in [5.74, 6) is 1.54. The molecule has 2 aliphatic rings. The van der Waals surface area contributed by atoms with Gasteiger partial charge in [0.05, 0.1) is 12.2 Å². The molecule has 3 unspecified atom stereocenters. The summed E-state index contributed by atoms with van der Waals surface area (Å²) in [4.78, 5) is 0. The first-order valence-electron chi connectivity index (χ1n) is 5.55. The second kappa shape index (κ2) is 3.97. The predicted molar refractivity (Wildman–Crippen MR) is 51.5 cm³/mol. The summed E-state index contributed by atoms with van der Waals surface area (Å²) in [5.41, 5.74) is 0. The van der Waals surface area contributed by atoms with Gasteiger partial charge >= 0.3 is 0 Å². The van der Waals surface area contributed by atoms with Crippen LogP contribution in [0.25, 0.3) is 0 Å². The van der Waals surface area contributed by atoms with Crippen molar-refractivity contribution in [2.45, 2.75) is 51.2 Å². The molecule has 0 aromatic carbocycles. The van der Waals surface area contributed by atoms with Gasteiger partial charge in [-0.3, -0.25) is 0 Å². The molecule has 2 fully saturated rings. The normalized spacial score (nSPS) is 40.6. The number of hydrogen-bond acceptors (Lipinski definition) is 2. The molecular weight excluding hydrogens is 164 g/mol. The fourth-order valence-electron chi connectivity index (χ4n) is 2.04. The van der Waals surface area contributed by atoms with Crippen molar-refractivity contribution in [1.82, 2.24) is 0 Å². The Kier molecular flexibility index (Phi) is 2.89. The lowest BCUT2D eigenvalue weighted by Crippen LogP contribution is -2.35. The summed E-state index contributed by atoms with van der Waals surface area (Å²) < 4.78 is 5.74. The molecule has 0 heterocycles. The van der Waals surface area contributed by atoms with E-state index in [1.807, 2.05) is 0 Å². The quantitative estimate of drug-likeness (QED) is 0.726. The molecule has 0 spiro atoms. The van der Waals surface area contributed by atoms with Crippen molar-refractivity contribution in [3.8, 4) is 0 Å². The summed E-state index contributed by atoms with van der Waals surface area (Å²) in [6, 6.07) is 0. The molecule has 0 radical (unpaired) electrons. The summed E-state index contributed by atoms with van der Waals surface area (Å²) in [5, 5.41) is 9.70. The third-order valence-electron chi connectivity index (χ3n) is 3.26. The van der Waals surface area contributed by atoms with E-state index in [9.17, 15) is 5.11 Å². The van der Waals surface area contributed by atoms with Gasteiger partial charge in [-0.2, -0.15) is 0 Å². The minimum absolute atomic E-state index is 0.129. The van der Waals surface area contributed by atoms with Crippen LogP contribution >= 0.6 is 0 Å². The highest BCUT2D eigenvalue weighted by atomic mass is 16.5. The molecule has 1 N–H and O–H groups in total. The van der Waals surface area contributed by atoms with Gasteiger partial charge in [-0.25, -0.2) is 0 Å². The summed E-state index contributed by atoms with van der Waals surface area (Å²) in [7, 11) is 0. The van der Waals surface area contributed by atoms with Gasteiger partial charge in [-0.1, -0.05) is 6.92 Å². The Bertz CT molecular complexity index is 165. The van der Waals surface area contributed by atoms with E-state index in [0.29, 0.717) is 0 Å². The maximum absolute atomic E-state index is 9.70. The number of rotatable bonds is 3. The third kappa shape index (κ3) is 2.68. The molecule has 13 heavy (non-hydrogen) atoms. The van der Waals surface area contributed by atoms with Crippen LogP contribution in [0.2, 0.25) is 0 Å². The van der Waals surface area contributed by atoms with Gasteiger partial charge in [0.25, 0.3) is 0 Å². The van der Waals surface area contributed by atoms with Crippen molar-refractivity contribution in [1.29, 1.82) is 0 Å². The van der Waals surface area contributed by atoms with E-state index in [0.717, 1.165) is 37.7 Å². The molecule has 0 aromatic rings. The largest absolute Gasteiger partial charge is 0.390 e. The average Bonchev–Trinajstić information content (AvgIpc) is 2.90. The van der Waals surface area contributed by atoms with Crippen LogP contribution in [-0.4, -0.2) is 23.9 Å². The Morgan fingerprint density at radius 2 is 2.00 bits per heavy atom. The maximum Gasteiger partial charge on any atom is 0.0836 e. The van der Waals surface area contributed by atoms with Gasteiger partial charge in [-0.05, 0) is 43.9 Å². The summed E-state index contributed by atoms with van der Waals surface area (Å²) in [6.45, 7) is 3.13. The molecule has 2 heteroatoms. The summed E-state index contributed by atoms with van der Waals surface area (Å²) >= 11 is 0. The van der Waals surface area contributed by atoms with E-state index in [1.54, 1.807) is 0 Å². The minimum Gasteiger partial charge on any atom is -0.390 e. The number of ether oxygens (including phenoxy) is 1. The van der Waals surface area contributed by atoms with Crippen molar-refractivity contribution in [3.05, 3.63) is 0 Å². The highest BCUT2D eigenvalue weighted by Gasteiger charge is 2.30. The Morgan fingerprint density at radius 1 is 1.23 bits per heavy atom. The zero-order valence-electron chi connectivity index (χ0n) is 8.41. The van der Waals surface area contributed by atoms with E-state index in [1.165, 1.54) is 12.8 Å². The van der Waals surface area contributed by atoms with Gasteiger partial charge in [0.1, 0.15) is 0 Å². The fraction of sp³-hybridized carbons (Fsp3) is 1.00. The van der Waals surface area contributed by atoms with Crippen molar-refractivity contribution < 1.29 is 9.84 Å². The van der Waals surface area contributed by atoms with Crippen LogP contribution in [0, 0.1) is 11.8 Å². The number of hydrogen-bond donors (Lipinski definition) is 1. The highest BCUT2D eigenvalue weighted by Crippen LogP contribution is 2.32. The van der Waals surface area contributed by atoms with Crippen LogP contribution in [0.1, 0.15) is 39.0 Å². The zero-order valence-corrected chi connectivity index (χ0v) is 8.41. The average molecular weight is 184 g/mol. The van der Waals surface area contributed by atoms with Crippen LogP contribution in [0.4, 0.5) is 0 Å². The lowest BCUT2D eigenvalue weighted by atomic mass is 9.86. The lowest BCUT2D eigenvalue weighted by Gasteiger charge is -2.31. The first kappa shape index (κ1) is 9.47. The topological polar surface area (TPSA) is 29.5 Å². The second-order valence-electron chi connectivity index (χ2n) is 4.80. The number of aliphatic hydroxyl groups is 1. The van der Waals surface area contributed by atoms with Crippen molar-refractivity contribution in [2.24, 2.45) is 11.8 Å². The molecular formula is C11H20O2. The van der Waals surface area contributed by atoms with Gasteiger partial charge in [-0.15, -0.1) is 0 Å². The Hall–Kier alpha value is -0.0800. The SMILES string of the molecule is CC1CCC(O)C(OCC2CC2)C1. The van der Waals surface area contributed by atoms with Gasteiger partial charge in [0.15, 0.2) is 0 Å². The van der Waals surface area contributed by atoms with Crippen LogP contribution in [0.15, 0.2) is 0 Å². The van der Waals surface area contributed by atoms with Crippen molar-refractivity contribution in [3.63, 3.8) is 0 Å². The van der Waals surface area contributed by atoms with E-state index in [2.05, 4.69) is 6.92 Å². The molecule has 2 nitrogen and oxygen atoms in total. The fourth-order valence-corrected chi connectivity index (χ4v) is 2.04. The number of aliphatic hydroxyl groups excluding tert-OH is 1. The first-order valence-corrected chi connectivity index (χ1v) is 5.55. The predicted octanol–water partition coefficient (Wildman–Crippen LogP) is 1.96. The smallest absolute Gasteiger partial charge is 0.0836 e. The molecule has 0 saturated heterocycles. The van der Waals surface area contributed by atoms with Gasteiger partial charge in [0, 0.05) is 6.61 Å². The Morgan fingerprint density at radius 3 is 2.69 bits per heavy atom. The Labute approximate surface area is 80.3 Å². The van der Waals surface area contributed by atoms with Crippen molar-refractivity contribution >= 4 is 0 Å². The monoisotopic (exact) mass is 184 g/mol. The molecule has 76 valence electrons. The summed E-state index contributed by atoms with van der Waals surface area (Å²) in [6.07, 6.45) is 5.73. The Balaban J connectivity index is 1.73. The van der Waals surface area contributed by atoms with Gasteiger partial charge < -0.3 is 9.84 Å². The molecule has 0 aliphatic heterocycles. The third-order valence-corrected chi connectivity index (χ3v) is 3.26. The van der Waals surface area contributed by atoms with Crippen LogP contribution in [0.3, 0.4) is 0 Å². The molecule has 0 bridgehead atoms.